The van der Waals surface area contributed by atoms with Crippen molar-refractivity contribution in [3.05, 3.63) is 24.3 Å². The molecular weight excluding hydrogens is 236 g/mol. The number of methoxy groups -OCH3 is 1. The van der Waals surface area contributed by atoms with Crippen molar-refractivity contribution in [2.24, 2.45) is 5.73 Å². The van der Waals surface area contributed by atoms with Crippen molar-refractivity contribution in [1.82, 2.24) is 0 Å². The summed E-state index contributed by atoms with van der Waals surface area (Å²) in [6.45, 7) is 1.92. The minimum absolute atomic E-state index is 0.0242. The lowest BCUT2D eigenvalue weighted by Crippen LogP contribution is -2.20. The molecule has 17 heavy (non-hydrogen) atoms. The zero-order chi connectivity index (χ0) is 12.7. The van der Waals surface area contributed by atoms with E-state index in [1.807, 2.05) is 25.1 Å². The number of benzene rings is 1. The standard InChI is InChI=1S/C12H18N2O2S/c1-9(13)7-17-8-12(15)14-10-4-3-5-11(6-10)16-2/h3-6,9H,7-8,13H2,1-2H3,(H,14,15). The molecule has 0 radical (unpaired) electrons. The van der Waals surface area contributed by atoms with Gasteiger partial charge in [-0.1, -0.05) is 6.07 Å². The van der Waals surface area contributed by atoms with Crippen molar-refractivity contribution in [3.63, 3.8) is 0 Å². The van der Waals surface area contributed by atoms with Crippen LogP contribution in [0.3, 0.4) is 0 Å². The molecule has 0 saturated carbocycles. The Bertz CT molecular complexity index is 369. The van der Waals surface area contributed by atoms with E-state index in [0.717, 1.165) is 17.2 Å². The molecule has 1 atom stereocenters. The van der Waals surface area contributed by atoms with E-state index in [9.17, 15) is 4.79 Å². The van der Waals surface area contributed by atoms with Crippen LogP contribution in [0.25, 0.3) is 0 Å². The normalized spacial score (nSPS) is 11.9. The first-order chi connectivity index (χ1) is 8.11. The summed E-state index contributed by atoms with van der Waals surface area (Å²) in [5.74, 6) is 1.90. The highest BCUT2D eigenvalue weighted by Crippen LogP contribution is 2.16. The van der Waals surface area contributed by atoms with Crippen molar-refractivity contribution < 1.29 is 9.53 Å². The van der Waals surface area contributed by atoms with Crippen molar-refractivity contribution >= 4 is 23.4 Å². The van der Waals surface area contributed by atoms with Gasteiger partial charge in [0.25, 0.3) is 0 Å². The molecule has 1 rings (SSSR count). The fourth-order valence-corrected chi connectivity index (χ4v) is 1.98. The van der Waals surface area contributed by atoms with Crippen LogP contribution in [0.1, 0.15) is 6.92 Å². The third-order valence-corrected chi connectivity index (χ3v) is 3.20. The van der Waals surface area contributed by atoms with Gasteiger partial charge < -0.3 is 15.8 Å². The van der Waals surface area contributed by atoms with Crippen LogP contribution in [-0.4, -0.2) is 30.6 Å². The maximum Gasteiger partial charge on any atom is 0.234 e. The van der Waals surface area contributed by atoms with Crippen LogP contribution in [0.4, 0.5) is 5.69 Å². The largest absolute Gasteiger partial charge is 0.497 e. The molecule has 0 aromatic heterocycles. The van der Waals surface area contributed by atoms with E-state index in [4.69, 9.17) is 10.5 Å². The second kappa shape index (κ2) is 7.19. The van der Waals surface area contributed by atoms with Gasteiger partial charge in [-0.3, -0.25) is 4.79 Å². The first-order valence-electron chi connectivity index (χ1n) is 5.39. The highest BCUT2D eigenvalue weighted by atomic mass is 32.2. The van der Waals surface area contributed by atoms with Crippen molar-refractivity contribution in [1.29, 1.82) is 0 Å². The SMILES string of the molecule is COc1cccc(NC(=O)CSCC(C)N)c1. The van der Waals surface area contributed by atoms with E-state index >= 15 is 0 Å². The number of nitrogens with one attached hydrogen (secondary N) is 1. The quantitative estimate of drug-likeness (QED) is 0.811. The Morgan fingerprint density at radius 2 is 2.35 bits per heavy atom. The Morgan fingerprint density at radius 3 is 3.00 bits per heavy atom. The summed E-state index contributed by atoms with van der Waals surface area (Å²) in [4.78, 5) is 11.6. The second-order valence-corrected chi connectivity index (χ2v) is 4.80. The number of ether oxygens (including phenoxy) is 1. The maximum atomic E-state index is 11.6. The molecule has 1 aromatic rings. The van der Waals surface area contributed by atoms with Gasteiger partial charge in [-0.2, -0.15) is 11.8 Å². The Morgan fingerprint density at radius 1 is 1.59 bits per heavy atom. The fraction of sp³-hybridized carbons (Fsp3) is 0.417. The Labute approximate surface area is 106 Å². The number of carbonyl (C=O) groups is 1. The van der Waals surface area contributed by atoms with Gasteiger partial charge in [0.15, 0.2) is 0 Å². The molecule has 5 heteroatoms. The van der Waals surface area contributed by atoms with Crippen LogP contribution in [0.5, 0.6) is 5.75 Å². The molecule has 1 amide bonds. The minimum Gasteiger partial charge on any atom is -0.497 e. The summed E-state index contributed by atoms with van der Waals surface area (Å²) in [6, 6.07) is 7.40. The molecule has 0 aliphatic rings. The third-order valence-electron chi connectivity index (χ3n) is 1.97. The van der Waals surface area contributed by atoms with Crippen LogP contribution in [0.2, 0.25) is 0 Å². The average molecular weight is 254 g/mol. The Kier molecular flexibility index (Phi) is 5.86. The number of hydrogen-bond donors (Lipinski definition) is 2. The predicted molar refractivity (Wildman–Crippen MR) is 72.6 cm³/mol. The van der Waals surface area contributed by atoms with Gasteiger partial charge in [0.1, 0.15) is 5.75 Å². The lowest BCUT2D eigenvalue weighted by atomic mass is 10.3. The molecule has 0 saturated heterocycles. The van der Waals surface area contributed by atoms with Gasteiger partial charge in [-0.05, 0) is 19.1 Å². The zero-order valence-corrected chi connectivity index (χ0v) is 10.9. The van der Waals surface area contributed by atoms with Crippen molar-refractivity contribution in [3.8, 4) is 5.75 Å². The summed E-state index contributed by atoms with van der Waals surface area (Å²) in [7, 11) is 1.60. The first-order valence-corrected chi connectivity index (χ1v) is 6.54. The average Bonchev–Trinajstić information content (AvgIpc) is 2.28. The van der Waals surface area contributed by atoms with E-state index in [1.54, 1.807) is 13.2 Å². The molecule has 0 fully saturated rings. The van der Waals surface area contributed by atoms with Crippen molar-refractivity contribution in [2.75, 3.05) is 23.9 Å². The number of amides is 1. The highest BCUT2D eigenvalue weighted by molar-refractivity contribution is 8.00. The minimum atomic E-state index is -0.0242. The predicted octanol–water partition coefficient (Wildman–Crippen LogP) is 1.71. The van der Waals surface area contributed by atoms with Gasteiger partial charge in [-0.15, -0.1) is 0 Å². The van der Waals surface area contributed by atoms with E-state index in [2.05, 4.69) is 5.32 Å². The fourth-order valence-electron chi connectivity index (χ4n) is 1.24. The molecule has 0 aliphatic heterocycles. The number of thioether (sulfide) groups is 1. The Hall–Kier alpha value is -1.20. The van der Waals surface area contributed by atoms with E-state index in [1.165, 1.54) is 11.8 Å². The van der Waals surface area contributed by atoms with Gasteiger partial charge in [0.2, 0.25) is 5.91 Å². The van der Waals surface area contributed by atoms with Gasteiger partial charge in [0.05, 0.1) is 12.9 Å². The van der Waals surface area contributed by atoms with Crippen LogP contribution in [-0.2, 0) is 4.79 Å². The lowest BCUT2D eigenvalue weighted by molar-refractivity contribution is -0.113. The highest BCUT2D eigenvalue weighted by Gasteiger charge is 2.04. The molecule has 94 valence electrons. The number of carbonyl (C=O) groups excluding carboxylic acids is 1. The summed E-state index contributed by atoms with van der Waals surface area (Å²) >= 11 is 1.53. The molecule has 1 aromatic carbocycles. The topological polar surface area (TPSA) is 64.3 Å². The molecule has 0 aliphatic carbocycles. The lowest BCUT2D eigenvalue weighted by Gasteiger charge is -2.07. The van der Waals surface area contributed by atoms with Gasteiger partial charge >= 0.3 is 0 Å². The number of nitrogens with two attached hydrogens (primary N) is 1. The number of anilines is 1. The Balaban J connectivity index is 2.39. The van der Waals surface area contributed by atoms with E-state index in [-0.39, 0.29) is 11.9 Å². The smallest absolute Gasteiger partial charge is 0.234 e. The molecule has 3 N–H and O–H groups in total. The molecule has 4 nitrogen and oxygen atoms in total. The van der Waals surface area contributed by atoms with Crippen LogP contribution in [0, 0.1) is 0 Å². The molecule has 0 heterocycles. The van der Waals surface area contributed by atoms with Crippen molar-refractivity contribution in [2.45, 2.75) is 13.0 Å². The van der Waals surface area contributed by atoms with Crippen LogP contribution >= 0.6 is 11.8 Å². The number of hydrogen-bond acceptors (Lipinski definition) is 4. The van der Waals surface area contributed by atoms with E-state index in [0.29, 0.717) is 5.75 Å². The van der Waals surface area contributed by atoms with Crippen LogP contribution in [0.15, 0.2) is 24.3 Å². The zero-order valence-electron chi connectivity index (χ0n) is 10.1. The second-order valence-electron chi connectivity index (χ2n) is 3.77. The van der Waals surface area contributed by atoms with Gasteiger partial charge in [0, 0.05) is 23.5 Å². The van der Waals surface area contributed by atoms with Crippen LogP contribution < -0.4 is 15.8 Å². The number of rotatable bonds is 6. The molecular formula is C12H18N2O2S. The summed E-state index contributed by atoms with van der Waals surface area (Å²) in [6.07, 6.45) is 0. The summed E-state index contributed by atoms with van der Waals surface area (Å²) in [5, 5.41) is 2.81. The molecule has 0 bridgehead atoms. The maximum absolute atomic E-state index is 11.6. The summed E-state index contributed by atoms with van der Waals surface area (Å²) < 4.78 is 5.08. The first kappa shape index (κ1) is 13.9. The summed E-state index contributed by atoms with van der Waals surface area (Å²) in [5.41, 5.74) is 6.35. The third kappa shape index (κ3) is 5.60. The molecule has 1 unspecified atom stereocenters. The van der Waals surface area contributed by atoms with Gasteiger partial charge in [-0.25, -0.2) is 0 Å². The monoisotopic (exact) mass is 254 g/mol. The molecule has 0 spiro atoms. The van der Waals surface area contributed by atoms with E-state index < -0.39 is 0 Å².